The normalized spacial score (nSPS) is 21.5. The number of carbonyl (C=O) groups is 3. The average Bonchev–Trinajstić information content (AvgIpc) is 2.77. The number of nitrogens with zero attached hydrogens (tertiary/aromatic N) is 1. The van der Waals surface area contributed by atoms with Crippen LogP contribution in [0.25, 0.3) is 0 Å². The molecule has 1 fully saturated rings. The Kier molecular flexibility index (Phi) is 4.34. The second kappa shape index (κ2) is 5.96. The maximum absolute atomic E-state index is 12.4. The molecule has 0 bridgehead atoms. The standard InChI is InChI=1S/C17H20N4O3/c1-16(2,3)12(9-18)19-13(22)10-6-5-7-11(8-10)17(4)14(23)20-15(24)21-17/h5-8,12H,1-4H3,(H,19,22)(H2,20,21,23,24). The van der Waals surface area contributed by atoms with Gasteiger partial charge in [-0.3, -0.25) is 14.9 Å². The maximum atomic E-state index is 12.4. The zero-order valence-electron chi connectivity index (χ0n) is 14.1. The molecule has 126 valence electrons. The summed E-state index contributed by atoms with van der Waals surface area (Å²) in [5.41, 5.74) is -0.839. The first-order valence-electron chi connectivity index (χ1n) is 7.52. The van der Waals surface area contributed by atoms with Crippen molar-refractivity contribution in [1.82, 2.24) is 16.0 Å². The number of nitrogens with one attached hydrogen (secondary N) is 3. The minimum absolute atomic E-state index is 0.312. The van der Waals surface area contributed by atoms with Crippen LogP contribution in [0, 0.1) is 16.7 Å². The summed E-state index contributed by atoms with van der Waals surface area (Å²) in [6, 6.07) is 7.27. The SMILES string of the molecule is CC1(c2cccc(C(=O)NC(C#N)C(C)(C)C)c2)NC(=O)NC1=O. The van der Waals surface area contributed by atoms with E-state index in [2.05, 4.69) is 22.0 Å². The first kappa shape index (κ1) is 17.5. The zero-order chi connectivity index (χ0) is 18.1. The molecule has 0 saturated carbocycles. The first-order valence-corrected chi connectivity index (χ1v) is 7.52. The summed E-state index contributed by atoms with van der Waals surface area (Å²) in [5.74, 6) is -0.888. The molecule has 0 aliphatic carbocycles. The molecular formula is C17H20N4O3. The predicted octanol–water partition coefficient (Wildman–Crippen LogP) is 1.41. The van der Waals surface area contributed by atoms with Crippen LogP contribution in [0.5, 0.6) is 0 Å². The molecule has 0 spiro atoms. The number of hydrogen-bond acceptors (Lipinski definition) is 4. The van der Waals surface area contributed by atoms with E-state index >= 15 is 0 Å². The summed E-state index contributed by atoms with van der Waals surface area (Å²) in [5, 5.41) is 16.6. The molecule has 1 aliphatic heterocycles. The van der Waals surface area contributed by atoms with Gasteiger partial charge in [0.25, 0.3) is 11.8 Å². The van der Waals surface area contributed by atoms with Crippen LogP contribution in [-0.2, 0) is 10.3 Å². The topological polar surface area (TPSA) is 111 Å². The lowest BCUT2D eigenvalue weighted by molar-refractivity contribution is -0.123. The van der Waals surface area contributed by atoms with Crippen LogP contribution in [0.15, 0.2) is 24.3 Å². The van der Waals surface area contributed by atoms with Gasteiger partial charge >= 0.3 is 6.03 Å². The van der Waals surface area contributed by atoms with Crippen LogP contribution in [0.2, 0.25) is 0 Å². The molecule has 1 aliphatic rings. The number of nitriles is 1. The minimum Gasteiger partial charge on any atom is -0.336 e. The average molecular weight is 328 g/mol. The van der Waals surface area contributed by atoms with E-state index in [4.69, 9.17) is 0 Å². The van der Waals surface area contributed by atoms with Gasteiger partial charge in [0, 0.05) is 5.56 Å². The number of imide groups is 1. The van der Waals surface area contributed by atoms with Crippen LogP contribution >= 0.6 is 0 Å². The van der Waals surface area contributed by atoms with E-state index in [1.54, 1.807) is 25.1 Å². The Morgan fingerprint density at radius 2 is 2.00 bits per heavy atom. The van der Waals surface area contributed by atoms with Crippen molar-refractivity contribution in [2.75, 3.05) is 0 Å². The monoisotopic (exact) mass is 328 g/mol. The van der Waals surface area contributed by atoms with Crippen LogP contribution in [0.3, 0.4) is 0 Å². The summed E-state index contributed by atoms with van der Waals surface area (Å²) in [6.45, 7) is 7.14. The van der Waals surface area contributed by atoms with Gasteiger partial charge in [-0.15, -0.1) is 0 Å². The van der Waals surface area contributed by atoms with Gasteiger partial charge in [-0.1, -0.05) is 32.9 Å². The van der Waals surface area contributed by atoms with E-state index in [0.29, 0.717) is 11.1 Å². The lowest BCUT2D eigenvalue weighted by atomic mass is 9.87. The lowest BCUT2D eigenvalue weighted by Crippen LogP contribution is -2.43. The molecule has 7 nitrogen and oxygen atoms in total. The highest BCUT2D eigenvalue weighted by atomic mass is 16.2. The minimum atomic E-state index is -1.23. The Morgan fingerprint density at radius 1 is 1.33 bits per heavy atom. The number of carbonyl (C=O) groups excluding carboxylic acids is 3. The van der Waals surface area contributed by atoms with Crippen molar-refractivity contribution in [3.8, 4) is 6.07 Å². The Balaban J connectivity index is 2.28. The number of amides is 4. The Bertz CT molecular complexity index is 745. The highest BCUT2D eigenvalue weighted by Crippen LogP contribution is 2.25. The smallest absolute Gasteiger partial charge is 0.322 e. The molecule has 3 N–H and O–H groups in total. The van der Waals surface area contributed by atoms with E-state index < -0.39 is 34.8 Å². The molecule has 1 aromatic rings. The molecule has 24 heavy (non-hydrogen) atoms. The van der Waals surface area contributed by atoms with Gasteiger partial charge < -0.3 is 10.6 Å². The summed E-state index contributed by atoms with van der Waals surface area (Å²) < 4.78 is 0. The van der Waals surface area contributed by atoms with Gasteiger partial charge in [0.05, 0.1) is 6.07 Å². The van der Waals surface area contributed by atoms with E-state index in [1.807, 2.05) is 20.8 Å². The highest BCUT2D eigenvalue weighted by Gasteiger charge is 2.43. The van der Waals surface area contributed by atoms with E-state index in [9.17, 15) is 19.6 Å². The molecule has 2 unspecified atom stereocenters. The molecule has 0 radical (unpaired) electrons. The summed E-state index contributed by atoms with van der Waals surface area (Å²) in [7, 11) is 0. The molecule has 4 amide bonds. The van der Waals surface area contributed by atoms with Gasteiger partial charge in [0.15, 0.2) is 0 Å². The van der Waals surface area contributed by atoms with Gasteiger partial charge in [0.2, 0.25) is 0 Å². The maximum Gasteiger partial charge on any atom is 0.322 e. The largest absolute Gasteiger partial charge is 0.336 e. The first-order chi connectivity index (χ1) is 11.1. The zero-order valence-corrected chi connectivity index (χ0v) is 14.1. The Labute approximate surface area is 140 Å². The molecular weight excluding hydrogens is 308 g/mol. The fourth-order valence-corrected chi connectivity index (χ4v) is 2.37. The third-order valence-electron chi connectivity index (χ3n) is 4.02. The van der Waals surface area contributed by atoms with Crippen LogP contribution in [-0.4, -0.2) is 23.9 Å². The molecule has 7 heteroatoms. The van der Waals surface area contributed by atoms with Crippen molar-refractivity contribution < 1.29 is 14.4 Å². The van der Waals surface area contributed by atoms with Crippen molar-refractivity contribution in [2.24, 2.45) is 5.41 Å². The van der Waals surface area contributed by atoms with E-state index in [-0.39, 0.29) is 0 Å². The number of benzene rings is 1. The summed E-state index contributed by atoms with van der Waals surface area (Å²) in [6.07, 6.45) is 0. The molecule has 2 rings (SSSR count). The number of rotatable bonds is 3. The van der Waals surface area contributed by atoms with Crippen LogP contribution < -0.4 is 16.0 Å². The lowest BCUT2D eigenvalue weighted by Gasteiger charge is -2.26. The molecule has 2 atom stereocenters. The van der Waals surface area contributed by atoms with Gasteiger partial charge in [-0.25, -0.2) is 4.79 Å². The molecule has 1 saturated heterocycles. The van der Waals surface area contributed by atoms with Crippen LogP contribution in [0.1, 0.15) is 43.6 Å². The Hall–Kier alpha value is -2.88. The van der Waals surface area contributed by atoms with Crippen molar-refractivity contribution >= 4 is 17.8 Å². The van der Waals surface area contributed by atoms with E-state index in [1.165, 1.54) is 6.07 Å². The Morgan fingerprint density at radius 3 is 2.50 bits per heavy atom. The van der Waals surface area contributed by atoms with Gasteiger partial charge in [-0.2, -0.15) is 5.26 Å². The quantitative estimate of drug-likeness (QED) is 0.728. The summed E-state index contributed by atoms with van der Waals surface area (Å²) in [4.78, 5) is 35.8. The van der Waals surface area contributed by atoms with Gasteiger partial charge in [0.1, 0.15) is 11.6 Å². The number of hydrogen-bond donors (Lipinski definition) is 3. The second-order valence-corrected chi connectivity index (χ2v) is 7.02. The van der Waals surface area contributed by atoms with Crippen LogP contribution in [0.4, 0.5) is 4.79 Å². The van der Waals surface area contributed by atoms with Gasteiger partial charge in [-0.05, 0) is 30.0 Å². The number of urea groups is 1. The molecule has 1 aromatic carbocycles. The molecule has 0 aromatic heterocycles. The van der Waals surface area contributed by atoms with Crippen molar-refractivity contribution in [2.45, 2.75) is 39.3 Å². The fraction of sp³-hybridized carbons (Fsp3) is 0.412. The second-order valence-electron chi connectivity index (χ2n) is 7.02. The third kappa shape index (κ3) is 3.23. The highest BCUT2D eigenvalue weighted by molar-refractivity contribution is 6.07. The molecule has 1 heterocycles. The predicted molar refractivity (Wildman–Crippen MR) is 86.8 cm³/mol. The third-order valence-corrected chi connectivity index (χ3v) is 4.02. The fourth-order valence-electron chi connectivity index (χ4n) is 2.37. The van der Waals surface area contributed by atoms with Crippen molar-refractivity contribution in [3.63, 3.8) is 0 Å². The van der Waals surface area contributed by atoms with Crippen molar-refractivity contribution in [3.05, 3.63) is 35.4 Å². The summed E-state index contributed by atoms with van der Waals surface area (Å²) >= 11 is 0. The van der Waals surface area contributed by atoms with Crippen molar-refractivity contribution in [1.29, 1.82) is 5.26 Å². The van der Waals surface area contributed by atoms with E-state index in [0.717, 1.165) is 0 Å².